The van der Waals surface area contributed by atoms with Crippen LogP contribution in [0.4, 0.5) is 0 Å². The third-order valence-electron chi connectivity index (χ3n) is 1.05. The molecule has 0 bridgehead atoms. The maximum atomic E-state index is 8.44. The van der Waals surface area contributed by atoms with E-state index in [-0.39, 0.29) is 0 Å². The molecule has 0 saturated heterocycles. The van der Waals surface area contributed by atoms with Crippen molar-refractivity contribution >= 4 is 15.4 Å². The van der Waals surface area contributed by atoms with Gasteiger partial charge in [0.25, 0.3) is 0 Å². The van der Waals surface area contributed by atoms with Crippen molar-refractivity contribution in [2.45, 2.75) is 0 Å². The van der Waals surface area contributed by atoms with Crippen LogP contribution >= 0.6 is 0 Å². The molecule has 0 spiro atoms. The fourth-order valence-electron chi connectivity index (χ4n) is 0.581. The molecule has 0 fully saturated rings. The summed E-state index contributed by atoms with van der Waals surface area (Å²) in [5, 5.41) is 9.28. The van der Waals surface area contributed by atoms with Crippen molar-refractivity contribution in [1.29, 1.82) is 5.26 Å². The molecule has 1 aromatic carbocycles. The molecule has 1 aromatic rings. The number of benzene rings is 1. The van der Waals surface area contributed by atoms with Crippen molar-refractivity contribution in [1.82, 2.24) is 0 Å². The molecule has 3 radical (unpaired) electrons. The van der Waals surface area contributed by atoms with Gasteiger partial charge in [-0.3, -0.25) is 0 Å². The Morgan fingerprint density at radius 3 is 2.44 bits per heavy atom. The van der Waals surface area contributed by atoms with Crippen LogP contribution in [0.1, 0.15) is 5.56 Å². The number of hydrogen-bond acceptors (Lipinski definition) is 1. The Morgan fingerprint density at radius 2 is 2.00 bits per heavy atom. The molecule has 1 nitrogen and oxygen atoms in total. The zero-order chi connectivity index (χ0) is 6.69. The van der Waals surface area contributed by atoms with Crippen LogP contribution in [0.15, 0.2) is 24.3 Å². The topological polar surface area (TPSA) is 23.8 Å². The lowest BCUT2D eigenvalue weighted by molar-refractivity contribution is 1.50. The van der Waals surface area contributed by atoms with Gasteiger partial charge in [0, 0.05) is 0 Å². The van der Waals surface area contributed by atoms with E-state index >= 15 is 0 Å². The molecule has 0 aliphatic heterocycles. The highest BCUT2D eigenvalue weighted by Gasteiger charge is 1.90. The van der Waals surface area contributed by atoms with Crippen LogP contribution in [0, 0.1) is 11.3 Å². The lowest BCUT2D eigenvalue weighted by atomic mass is 10.2. The van der Waals surface area contributed by atoms with Crippen molar-refractivity contribution in [2.75, 3.05) is 0 Å². The van der Waals surface area contributed by atoms with Gasteiger partial charge >= 0.3 is 0 Å². The van der Waals surface area contributed by atoms with Gasteiger partial charge in [-0.25, -0.2) is 0 Å². The zero-order valence-corrected chi connectivity index (χ0v) is 5.76. The molecule has 41 valence electrons. The Morgan fingerprint density at radius 1 is 1.33 bits per heavy atom. The van der Waals surface area contributed by atoms with E-state index in [0.717, 1.165) is 5.19 Å². The molecule has 0 aromatic heterocycles. The molecule has 0 N–H and O–H groups in total. The molecule has 0 unspecified atom stereocenters. The maximum absolute atomic E-state index is 8.44. The summed E-state index contributed by atoms with van der Waals surface area (Å²) in [6.07, 6.45) is 0. The van der Waals surface area contributed by atoms with Crippen molar-refractivity contribution in [3.05, 3.63) is 29.8 Å². The third-order valence-corrected chi connectivity index (χ3v) is 1.48. The number of hydrogen-bond donors (Lipinski definition) is 0. The molecule has 0 aliphatic rings. The van der Waals surface area contributed by atoms with Crippen LogP contribution in [0.2, 0.25) is 0 Å². The summed E-state index contributed by atoms with van der Waals surface area (Å²) in [5.41, 5.74) is 0.675. The summed E-state index contributed by atoms with van der Waals surface area (Å²) in [5.74, 6) is 0. The molecular weight excluding hydrogens is 126 g/mol. The van der Waals surface area contributed by atoms with E-state index < -0.39 is 0 Å². The summed E-state index contributed by atoms with van der Waals surface area (Å²) in [4.78, 5) is 0. The molecule has 0 amide bonds. The summed E-state index contributed by atoms with van der Waals surface area (Å²) >= 11 is 0. The minimum Gasteiger partial charge on any atom is -0.192 e. The van der Waals surface area contributed by atoms with E-state index in [1.54, 1.807) is 6.07 Å². The van der Waals surface area contributed by atoms with Crippen molar-refractivity contribution < 1.29 is 0 Å². The van der Waals surface area contributed by atoms with E-state index in [1.807, 2.05) is 24.3 Å². The Kier molecular flexibility index (Phi) is 1.66. The molecule has 9 heavy (non-hydrogen) atoms. The van der Waals surface area contributed by atoms with Gasteiger partial charge in [-0.1, -0.05) is 18.2 Å². The third kappa shape index (κ3) is 1.18. The Hall–Kier alpha value is -1.07. The van der Waals surface area contributed by atoms with Gasteiger partial charge in [0.1, 0.15) is 0 Å². The second-order valence-corrected chi connectivity index (χ2v) is 2.20. The van der Waals surface area contributed by atoms with Crippen LogP contribution in [0.5, 0.6) is 0 Å². The lowest BCUT2D eigenvalue weighted by Crippen LogP contribution is -2.05. The fourth-order valence-corrected chi connectivity index (χ4v) is 0.816. The van der Waals surface area contributed by atoms with E-state index in [0.29, 0.717) is 5.56 Å². The second kappa shape index (κ2) is 2.47. The minimum absolute atomic E-state index is 0.675. The predicted octanol–water partition coefficient (Wildman–Crippen LogP) is 0.352. The molecule has 0 saturated carbocycles. The number of nitrogens with zero attached hydrogens (tertiary/aromatic N) is 1. The van der Waals surface area contributed by atoms with Crippen LogP contribution in [0.3, 0.4) is 0 Å². The van der Waals surface area contributed by atoms with Crippen LogP contribution in [0.25, 0.3) is 0 Å². The van der Waals surface area contributed by atoms with Gasteiger partial charge in [-0.05, 0) is 11.3 Å². The average Bonchev–Trinajstić information content (AvgIpc) is 1.89. The highest BCUT2D eigenvalue weighted by molar-refractivity contribution is 6.33. The Bertz CT molecular complexity index is 249. The Labute approximate surface area is 57.4 Å². The van der Waals surface area contributed by atoms with Gasteiger partial charge < -0.3 is 0 Å². The van der Waals surface area contributed by atoms with Gasteiger partial charge in [-0.2, -0.15) is 5.26 Å². The summed E-state index contributed by atoms with van der Waals surface area (Å²) in [6.45, 7) is 0. The van der Waals surface area contributed by atoms with Crippen LogP contribution in [-0.4, -0.2) is 10.2 Å². The largest absolute Gasteiger partial charge is 0.192 e. The van der Waals surface area contributed by atoms with E-state index in [1.165, 1.54) is 0 Å². The molecular formula is C7H4NSi. The monoisotopic (exact) mass is 130 g/mol. The Balaban J connectivity index is 3.20. The fraction of sp³-hybridized carbons (Fsp3) is 0. The summed E-state index contributed by atoms with van der Waals surface area (Å²) in [7, 11) is 3.28. The normalized spacial score (nSPS) is 8.44. The van der Waals surface area contributed by atoms with Crippen molar-refractivity contribution in [3.8, 4) is 6.07 Å². The summed E-state index contributed by atoms with van der Waals surface area (Å²) in [6, 6.07) is 9.37. The highest BCUT2D eigenvalue weighted by Crippen LogP contribution is 1.89. The number of rotatable bonds is 0. The predicted molar refractivity (Wildman–Crippen MR) is 36.5 cm³/mol. The molecule has 0 aliphatic carbocycles. The standard InChI is InChI=1S/C7H4NSi/c8-5-6-3-1-2-4-7(6)9/h1-4H. The average molecular weight is 130 g/mol. The first-order valence-electron chi connectivity index (χ1n) is 2.55. The second-order valence-electron chi connectivity index (χ2n) is 1.66. The van der Waals surface area contributed by atoms with Crippen molar-refractivity contribution in [2.24, 2.45) is 0 Å². The van der Waals surface area contributed by atoms with E-state index in [9.17, 15) is 0 Å². The first kappa shape index (κ1) is 6.05. The lowest BCUT2D eigenvalue weighted by Gasteiger charge is -1.90. The smallest absolute Gasteiger partial charge is 0.0990 e. The first-order chi connectivity index (χ1) is 4.34. The van der Waals surface area contributed by atoms with Gasteiger partial charge in [0.2, 0.25) is 0 Å². The first-order valence-corrected chi connectivity index (χ1v) is 3.05. The SMILES string of the molecule is N#Cc1ccccc1[Si]. The highest BCUT2D eigenvalue weighted by atomic mass is 28.1. The number of nitriles is 1. The van der Waals surface area contributed by atoms with Gasteiger partial charge in [-0.15, -0.1) is 0 Å². The van der Waals surface area contributed by atoms with E-state index in [4.69, 9.17) is 5.26 Å². The summed E-state index contributed by atoms with van der Waals surface area (Å²) < 4.78 is 0. The quantitative estimate of drug-likeness (QED) is 0.465. The molecule has 2 heteroatoms. The molecule has 0 atom stereocenters. The minimum atomic E-state index is 0.675. The van der Waals surface area contributed by atoms with E-state index in [2.05, 4.69) is 10.2 Å². The zero-order valence-electron chi connectivity index (χ0n) is 4.76. The van der Waals surface area contributed by atoms with Gasteiger partial charge in [0.15, 0.2) is 0 Å². The molecule has 0 heterocycles. The molecule has 1 rings (SSSR count). The van der Waals surface area contributed by atoms with Crippen LogP contribution in [-0.2, 0) is 0 Å². The maximum Gasteiger partial charge on any atom is 0.0990 e. The van der Waals surface area contributed by atoms with Crippen LogP contribution < -0.4 is 5.19 Å². The van der Waals surface area contributed by atoms with Gasteiger partial charge in [0.05, 0.1) is 21.9 Å². The van der Waals surface area contributed by atoms with Crippen molar-refractivity contribution in [3.63, 3.8) is 0 Å².